The van der Waals surface area contributed by atoms with Crippen molar-refractivity contribution in [3.8, 4) is 22.8 Å². The molecule has 7 nitrogen and oxygen atoms in total. The van der Waals surface area contributed by atoms with Crippen molar-refractivity contribution < 1.29 is 18.7 Å². The highest BCUT2D eigenvalue weighted by Gasteiger charge is 2.20. The molecule has 0 radical (unpaired) electrons. The number of esters is 1. The fraction of sp³-hybridized carbons (Fsp3) is 0.174. The minimum absolute atomic E-state index is 0.310. The number of hydrogen-bond donors (Lipinski definition) is 0. The fourth-order valence-electron chi connectivity index (χ4n) is 3.07. The summed E-state index contributed by atoms with van der Waals surface area (Å²) in [6.07, 6.45) is 1.49. The number of hydrogen-bond acceptors (Lipinski definition) is 7. The van der Waals surface area contributed by atoms with E-state index in [1.54, 1.807) is 20.1 Å². The van der Waals surface area contributed by atoms with Crippen LogP contribution < -0.4 is 4.74 Å². The van der Waals surface area contributed by atoms with E-state index in [2.05, 4.69) is 10.2 Å². The molecular weight excluding hydrogens is 414 g/mol. The number of aromatic nitrogens is 3. The lowest BCUT2D eigenvalue weighted by Crippen LogP contribution is -2.05. The Kier molecular flexibility index (Phi) is 6.37. The third kappa shape index (κ3) is 4.49. The van der Waals surface area contributed by atoms with E-state index >= 15 is 0 Å². The molecule has 158 valence electrons. The minimum atomic E-state index is -0.393. The van der Waals surface area contributed by atoms with Gasteiger partial charge in [-0.25, -0.2) is 4.79 Å². The minimum Gasteiger partial charge on any atom is -0.497 e. The van der Waals surface area contributed by atoms with E-state index in [4.69, 9.17) is 13.9 Å². The lowest BCUT2D eigenvalue weighted by Gasteiger charge is -2.10. The van der Waals surface area contributed by atoms with Crippen LogP contribution >= 0.6 is 11.8 Å². The van der Waals surface area contributed by atoms with Crippen molar-refractivity contribution >= 4 is 17.7 Å². The number of rotatable bonds is 8. The van der Waals surface area contributed by atoms with Crippen molar-refractivity contribution in [3.63, 3.8) is 0 Å². The molecule has 8 heteroatoms. The molecule has 4 aromatic rings. The fourth-order valence-corrected chi connectivity index (χ4v) is 3.98. The van der Waals surface area contributed by atoms with Gasteiger partial charge in [0.1, 0.15) is 17.1 Å². The Labute approximate surface area is 184 Å². The second-order valence-corrected chi connectivity index (χ2v) is 7.41. The van der Waals surface area contributed by atoms with Crippen LogP contribution in [0.25, 0.3) is 17.1 Å². The van der Waals surface area contributed by atoms with Crippen molar-refractivity contribution in [2.24, 2.45) is 0 Å². The normalized spacial score (nSPS) is 10.8. The molecule has 2 heterocycles. The second kappa shape index (κ2) is 9.53. The molecule has 0 atom stereocenters. The number of thioether (sulfide) groups is 1. The standard InChI is InChI=1S/C23H21N3O4S/c1-3-29-22(27)19-13-14-30-20(19)15-31-23-25-24-21(16-9-11-18(28-2)12-10-16)26(23)17-7-5-4-6-8-17/h4-14H,3,15H2,1-2H3. The number of nitrogens with zero attached hydrogens (tertiary/aromatic N) is 3. The van der Waals surface area contributed by atoms with Crippen LogP contribution in [-0.4, -0.2) is 34.5 Å². The van der Waals surface area contributed by atoms with Gasteiger partial charge in [0.15, 0.2) is 11.0 Å². The lowest BCUT2D eigenvalue weighted by atomic mass is 10.2. The Morgan fingerprint density at radius 1 is 1.06 bits per heavy atom. The molecule has 2 aromatic heterocycles. The smallest absolute Gasteiger partial charge is 0.341 e. The first kappa shape index (κ1) is 20.7. The summed E-state index contributed by atoms with van der Waals surface area (Å²) in [6.45, 7) is 2.08. The third-order valence-corrected chi connectivity index (χ3v) is 5.50. The molecule has 0 bridgehead atoms. The van der Waals surface area contributed by atoms with Crippen LogP contribution in [0, 0.1) is 0 Å². The van der Waals surface area contributed by atoms with Gasteiger partial charge in [0.05, 0.1) is 25.7 Å². The van der Waals surface area contributed by atoms with Gasteiger partial charge in [-0.3, -0.25) is 4.57 Å². The van der Waals surface area contributed by atoms with Crippen molar-refractivity contribution in [2.45, 2.75) is 17.8 Å². The monoisotopic (exact) mass is 435 g/mol. The molecule has 0 spiro atoms. The Bertz CT molecular complexity index is 1150. The predicted molar refractivity (Wildman–Crippen MR) is 118 cm³/mol. The maximum atomic E-state index is 12.1. The van der Waals surface area contributed by atoms with Gasteiger partial charge in [-0.15, -0.1) is 10.2 Å². The quantitative estimate of drug-likeness (QED) is 0.284. The first-order valence-corrected chi connectivity index (χ1v) is 10.7. The van der Waals surface area contributed by atoms with E-state index in [-0.39, 0.29) is 0 Å². The number of carbonyl (C=O) groups excluding carboxylic acids is 1. The predicted octanol–water partition coefficient (Wildman–Crippen LogP) is 5.00. The zero-order valence-electron chi connectivity index (χ0n) is 17.1. The van der Waals surface area contributed by atoms with E-state index in [1.807, 2.05) is 59.2 Å². The molecule has 0 aliphatic heterocycles. The summed E-state index contributed by atoms with van der Waals surface area (Å²) >= 11 is 1.44. The Balaban J connectivity index is 1.66. The van der Waals surface area contributed by atoms with Crippen LogP contribution in [0.5, 0.6) is 5.75 Å². The van der Waals surface area contributed by atoms with Gasteiger partial charge in [0.25, 0.3) is 0 Å². The van der Waals surface area contributed by atoms with Gasteiger partial charge in [0, 0.05) is 11.3 Å². The number of benzene rings is 2. The van der Waals surface area contributed by atoms with Gasteiger partial charge in [-0.05, 0) is 49.4 Å². The molecule has 0 saturated carbocycles. The molecular formula is C23H21N3O4S. The Morgan fingerprint density at radius 2 is 1.84 bits per heavy atom. The van der Waals surface area contributed by atoms with Gasteiger partial charge in [-0.1, -0.05) is 30.0 Å². The maximum absolute atomic E-state index is 12.1. The van der Waals surface area contributed by atoms with Crippen LogP contribution in [0.1, 0.15) is 23.0 Å². The molecule has 0 aliphatic carbocycles. The number of para-hydroxylation sites is 1. The van der Waals surface area contributed by atoms with Crippen molar-refractivity contribution in [1.82, 2.24) is 14.8 Å². The van der Waals surface area contributed by atoms with Crippen LogP contribution in [-0.2, 0) is 10.5 Å². The molecule has 0 saturated heterocycles. The SMILES string of the molecule is CCOC(=O)c1ccoc1CSc1nnc(-c2ccc(OC)cc2)n1-c1ccccc1. The molecule has 31 heavy (non-hydrogen) atoms. The molecule has 0 amide bonds. The van der Waals surface area contributed by atoms with E-state index < -0.39 is 5.97 Å². The number of furan rings is 1. The molecule has 2 aromatic carbocycles. The highest BCUT2D eigenvalue weighted by molar-refractivity contribution is 7.98. The second-order valence-electron chi connectivity index (χ2n) is 6.47. The Hall–Kier alpha value is -3.52. The molecule has 0 aliphatic rings. The van der Waals surface area contributed by atoms with Gasteiger partial charge in [-0.2, -0.15) is 0 Å². The van der Waals surface area contributed by atoms with Gasteiger partial charge >= 0.3 is 5.97 Å². The summed E-state index contributed by atoms with van der Waals surface area (Å²) in [5.74, 6) is 2.04. The molecule has 0 unspecified atom stereocenters. The van der Waals surface area contributed by atoms with Crippen LogP contribution in [0.2, 0.25) is 0 Å². The number of carbonyl (C=O) groups is 1. The number of methoxy groups -OCH3 is 1. The molecule has 0 fully saturated rings. The van der Waals surface area contributed by atoms with E-state index in [0.29, 0.717) is 34.7 Å². The van der Waals surface area contributed by atoms with Crippen LogP contribution in [0.15, 0.2) is 76.5 Å². The topological polar surface area (TPSA) is 79.4 Å². The molecule has 4 rings (SSSR count). The summed E-state index contributed by atoms with van der Waals surface area (Å²) in [5, 5.41) is 9.53. The summed E-state index contributed by atoms with van der Waals surface area (Å²) in [4.78, 5) is 12.1. The van der Waals surface area contributed by atoms with E-state index in [9.17, 15) is 4.79 Å². The highest BCUT2D eigenvalue weighted by Crippen LogP contribution is 2.31. The summed E-state index contributed by atoms with van der Waals surface area (Å²) in [6, 6.07) is 19.2. The van der Waals surface area contributed by atoms with Crippen LogP contribution in [0.3, 0.4) is 0 Å². The van der Waals surface area contributed by atoms with Gasteiger partial charge in [0.2, 0.25) is 0 Å². The van der Waals surface area contributed by atoms with Crippen molar-refractivity contribution in [2.75, 3.05) is 13.7 Å². The Morgan fingerprint density at radius 3 is 2.55 bits per heavy atom. The van der Waals surface area contributed by atoms with Crippen molar-refractivity contribution in [3.05, 3.63) is 78.3 Å². The first-order chi connectivity index (χ1) is 15.2. The maximum Gasteiger partial charge on any atom is 0.341 e. The van der Waals surface area contributed by atoms with Gasteiger partial charge < -0.3 is 13.9 Å². The summed E-state index contributed by atoms with van der Waals surface area (Å²) in [5.41, 5.74) is 2.27. The zero-order chi connectivity index (χ0) is 21.6. The third-order valence-electron chi connectivity index (χ3n) is 4.57. The van der Waals surface area contributed by atoms with Crippen LogP contribution in [0.4, 0.5) is 0 Å². The first-order valence-electron chi connectivity index (χ1n) is 9.72. The highest BCUT2D eigenvalue weighted by atomic mass is 32.2. The van der Waals surface area contributed by atoms with E-state index in [0.717, 1.165) is 17.0 Å². The average molecular weight is 436 g/mol. The largest absolute Gasteiger partial charge is 0.497 e. The number of ether oxygens (including phenoxy) is 2. The molecule has 0 N–H and O–H groups in total. The van der Waals surface area contributed by atoms with Crippen molar-refractivity contribution in [1.29, 1.82) is 0 Å². The summed E-state index contributed by atoms with van der Waals surface area (Å²) < 4.78 is 17.9. The average Bonchev–Trinajstić information content (AvgIpc) is 3.45. The lowest BCUT2D eigenvalue weighted by molar-refractivity contribution is 0.0524. The zero-order valence-corrected chi connectivity index (χ0v) is 18.0. The van der Waals surface area contributed by atoms with E-state index in [1.165, 1.54) is 18.0 Å². The summed E-state index contributed by atoms with van der Waals surface area (Å²) in [7, 11) is 1.63.